The maximum absolute atomic E-state index is 12.9. The Hall–Kier alpha value is -1.92. The van der Waals surface area contributed by atoms with Gasteiger partial charge in [-0.3, -0.25) is 9.69 Å². The summed E-state index contributed by atoms with van der Waals surface area (Å²) in [5.74, 6) is -0.325. The first kappa shape index (κ1) is 17.9. The molecule has 0 N–H and O–H groups in total. The molecule has 6 heteroatoms. The number of esters is 1. The first-order valence-corrected chi connectivity index (χ1v) is 9.01. The molecule has 0 saturated carbocycles. The van der Waals surface area contributed by atoms with E-state index in [9.17, 15) is 9.59 Å². The number of hydrogen-bond donors (Lipinski definition) is 0. The molecule has 2 aliphatic rings. The highest BCUT2D eigenvalue weighted by atomic mass is 16.5. The second kappa shape index (κ2) is 7.97. The predicted molar refractivity (Wildman–Crippen MR) is 95.1 cm³/mol. The number of rotatable bonds is 4. The van der Waals surface area contributed by atoms with Crippen LogP contribution in [0.3, 0.4) is 0 Å². The minimum Gasteiger partial charge on any atom is -0.467 e. The third-order valence-electron chi connectivity index (χ3n) is 5.31. The molecule has 1 amide bonds. The van der Waals surface area contributed by atoms with Crippen molar-refractivity contribution in [2.24, 2.45) is 0 Å². The lowest BCUT2D eigenvalue weighted by Gasteiger charge is -2.38. The summed E-state index contributed by atoms with van der Waals surface area (Å²) < 4.78 is 4.95. The summed E-state index contributed by atoms with van der Waals surface area (Å²) >= 11 is 0. The van der Waals surface area contributed by atoms with Gasteiger partial charge in [0.15, 0.2) is 0 Å². The van der Waals surface area contributed by atoms with Crippen molar-refractivity contribution in [3.05, 3.63) is 35.4 Å². The fourth-order valence-corrected chi connectivity index (χ4v) is 3.68. The van der Waals surface area contributed by atoms with Gasteiger partial charge in [-0.1, -0.05) is 31.2 Å². The van der Waals surface area contributed by atoms with E-state index in [0.717, 1.165) is 43.9 Å². The minimum atomic E-state index is -0.524. The van der Waals surface area contributed by atoms with Crippen LogP contribution in [-0.2, 0) is 27.3 Å². The van der Waals surface area contributed by atoms with Gasteiger partial charge in [0, 0.05) is 39.1 Å². The van der Waals surface area contributed by atoms with Crippen LogP contribution in [0.4, 0.5) is 0 Å². The molecule has 1 atom stereocenters. The van der Waals surface area contributed by atoms with Gasteiger partial charge in [0.2, 0.25) is 5.91 Å². The summed E-state index contributed by atoms with van der Waals surface area (Å²) in [5, 5.41) is 0. The summed E-state index contributed by atoms with van der Waals surface area (Å²) in [6.07, 6.45) is 0.526. The standard InChI is InChI=1S/C19H27N3O3/c1-3-20-8-10-21(11-9-20)14-18(23)22-13-16-7-5-4-6-15(16)12-17(22)19(24)25-2/h4-7,17H,3,8-14H2,1-2H3. The highest BCUT2D eigenvalue weighted by Gasteiger charge is 2.35. The topological polar surface area (TPSA) is 53.1 Å². The maximum Gasteiger partial charge on any atom is 0.328 e. The van der Waals surface area contributed by atoms with Crippen LogP contribution in [-0.4, -0.2) is 79.0 Å². The first-order chi connectivity index (χ1) is 12.1. The zero-order valence-corrected chi connectivity index (χ0v) is 15.1. The number of amides is 1. The van der Waals surface area contributed by atoms with Gasteiger partial charge in [0.05, 0.1) is 13.7 Å². The van der Waals surface area contributed by atoms with Crippen LogP contribution in [0.15, 0.2) is 24.3 Å². The second-order valence-corrected chi connectivity index (χ2v) is 6.74. The van der Waals surface area contributed by atoms with Gasteiger partial charge in [-0.2, -0.15) is 0 Å². The molecule has 0 radical (unpaired) electrons. The predicted octanol–water partition coefficient (Wildman–Crippen LogP) is 0.750. The fourth-order valence-electron chi connectivity index (χ4n) is 3.68. The van der Waals surface area contributed by atoms with Crippen molar-refractivity contribution in [3.8, 4) is 0 Å². The Labute approximate surface area is 149 Å². The van der Waals surface area contributed by atoms with Crippen LogP contribution >= 0.6 is 0 Å². The third kappa shape index (κ3) is 4.02. The molecule has 0 aromatic heterocycles. The monoisotopic (exact) mass is 345 g/mol. The Bertz CT molecular complexity index is 626. The Morgan fingerprint density at radius 2 is 1.72 bits per heavy atom. The Kier molecular flexibility index (Phi) is 5.71. The Morgan fingerprint density at radius 1 is 1.08 bits per heavy atom. The smallest absolute Gasteiger partial charge is 0.328 e. The quantitative estimate of drug-likeness (QED) is 0.754. The van der Waals surface area contributed by atoms with E-state index in [1.165, 1.54) is 7.11 Å². The summed E-state index contributed by atoms with van der Waals surface area (Å²) in [6.45, 7) is 7.83. The zero-order chi connectivity index (χ0) is 17.8. The molecule has 3 rings (SSSR count). The number of piperazine rings is 1. The minimum absolute atomic E-state index is 0.00912. The second-order valence-electron chi connectivity index (χ2n) is 6.74. The van der Waals surface area contributed by atoms with E-state index in [1.54, 1.807) is 4.90 Å². The van der Waals surface area contributed by atoms with E-state index in [2.05, 4.69) is 16.7 Å². The van der Waals surface area contributed by atoms with Crippen LogP contribution in [0.5, 0.6) is 0 Å². The van der Waals surface area contributed by atoms with Crippen LogP contribution < -0.4 is 0 Å². The van der Waals surface area contributed by atoms with Crippen molar-refractivity contribution < 1.29 is 14.3 Å². The van der Waals surface area contributed by atoms with Crippen molar-refractivity contribution in [1.29, 1.82) is 0 Å². The first-order valence-electron chi connectivity index (χ1n) is 9.01. The molecule has 0 aliphatic carbocycles. The van der Waals surface area contributed by atoms with E-state index >= 15 is 0 Å². The van der Waals surface area contributed by atoms with Crippen molar-refractivity contribution in [1.82, 2.24) is 14.7 Å². The van der Waals surface area contributed by atoms with E-state index in [-0.39, 0.29) is 11.9 Å². The number of fused-ring (bicyclic) bond motifs is 1. The number of benzene rings is 1. The number of likely N-dealkylation sites (N-methyl/N-ethyl adjacent to an activating group) is 1. The molecule has 2 heterocycles. The van der Waals surface area contributed by atoms with Gasteiger partial charge < -0.3 is 14.5 Å². The largest absolute Gasteiger partial charge is 0.467 e. The molecule has 25 heavy (non-hydrogen) atoms. The average molecular weight is 345 g/mol. The van der Waals surface area contributed by atoms with Gasteiger partial charge in [-0.05, 0) is 17.7 Å². The van der Waals surface area contributed by atoms with Gasteiger partial charge in [-0.25, -0.2) is 4.79 Å². The Balaban J connectivity index is 1.70. The highest BCUT2D eigenvalue weighted by Crippen LogP contribution is 2.24. The summed E-state index contributed by atoms with van der Waals surface area (Å²) in [6, 6.07) is 7.48. The van der Waals surface area contributed by atoms with Crippen LogP contribution in [0, 0.1) is 0 Å². The van der Waals surface area contributed by atoms with Gasteiger partial charge in [0.25, 0.3) is 0 Å². The van der Waals surface area contributed by atoms with Crippen molar-refractivity contribution >= 4 is 11.9 Å². The number of ether oxygens (including phenoxy) is 1. The zero-order valence-electron chi connectivity index (χ0n) is 15.1. The molecule has 1 aromatic rings. The van der Waals surface area contributed by atoms with Crippen molar-refractivity contribution in [2.45, 2.75) is 25.9 Å². The van der Waals surface area contributed by atoms with E-state index in [4.69, 9.17) is 4.74 Å². The Morgan fingerprint density at radius 3 is 2.36 bits per heavy atom. The SMILES string of the molecule is CCN1CCN(CC(=O)N2Cc3ccccc3CC2C(=O)OC)CC1. The molecular formula is C19H27N3O3. The molecular weight excluding hydrogens is 318 g/mol. The average Bonchev–Trinajstić information content (AvgIpc) is 2.66. The lowest BCUT2D eigenvalue weighted by molar-refractivity contribution is -0.154. The molecule has 2 aliphatic heterocycles. The van der Waals surface area contributed by atoms with E-state index < -0.39 is 6.04 Å². The summed E-state index contributed by atoms with van der Waals surface area (Å²) in [4.78, 5) is 31.4. The van der Waals surface area contributed by atoms with Gasteiger partial charge in [0.1, 0.15) is 6.04 Å². The molecule has 6 nitrogen and oxygen atoms in total. The summed E-state index contributed by atoms with van der Waals surface area (Å²) in [7, 11) is 1.38. The van der Waals surface area contributed by atoms with Crippen LogP contribution in [0.1, 0.15) is 18.1 Å². The van der Waals surface area contributed by atoms with Gasteiger partial charge >= 0.3 is 5.97 Å². The number of methoxy groups -OCH3 is 1. The molecule has 1 fully saturated rings. The highest BCUT2D eigenvalue weighted by molar-refractivity contribution is 5.86. The van der Waals surface area contributed by atoms with Gasteiger partial charge in [-0.15, -0.1) is 0 Å². The normalized spacial score (nSPS) is 21.7. The number of nitrogens with zero attached hydrogens (tertiary/aromatic N) is 3. The lowest BCUT2D eigenvalue weighted by Crippen LogP contribution is -2.54. The number of carbonyl (C=O) groups excluding carboxylic acids is 2. The van der Waals surface area contributed by atoms with Crippen LogP contribution in [0.2, 0.25) is 0 Å². The molecule has 0 bridgehead atoms. The molecule has 1 unspecified atom stereocenters. The fraction of sp³-hybridized carbons (Fsp3) is 0.579. The van der Waals surface area contributed by atoms with E-state index in [0.29, 0.717) is 19.5 Å². The van der Waals surface area contributed by atoms with Crippen LogP contribution in [0.25, 0.3) is 0 Å². The molecule has 1 aromatic carbocycles. The maximum atomic E-state index is 12.9. The number of carbonyl (C=O) groups is 2. The number of hydrogen-bond acceptors (Lipinski definition) is 5. The van der Waals surface area contributed by atoms with E-state index in [1.807, 2.05) is 24.3 Å². The summed E-state index contributed by atoms with van der Waals surface area (Å²) in [5.41, 5.74) is 2.24. The molecule has 136 valence electrons. The van der Waals surface area contributed by atoms with Crippen molar-refractivity contribution in [3.63, 3.8) is 0 Å². The molecule has 0 spiro atoms. The lowest BCUT2D eigenvalue weighted by atomic mass is 9.94. The third-order valence-corrected chi connectivity index (χ3v) is 5.31. The molecule has 1 saturated heterocycles. The van der Waals surface area contributed by atoms with Crippen molar-refractivity contribution in [2.75, 3.05) is 46.4 Å².